The Bertz CT molecular complexity index is 630. The average molecular weight is 254 g/mol. The van der Waals surface area contributed by atoms with E-state index in [0.717, 1.165) is 0 Å². The van der Waals surface area contributed by atoms with Crippen molar-refractivity contribution in [3.8, 4) is 0 Å². The second-order valence-electron chi connectivity index (χ2n) is 5.22. The fourth-order valence-corrected chi connectivity index (χ4v) is 1.84. The Labute approximate surface area is 103 Å². The fraction of sp³-hybridized carbons (Fsp3) is 0.308. The van der Waals surface area contributed by atoms with Gasteiger partial charge in [0.25, 0.3) is 0 Å². The van der Waals surface area contributed by atoms with E-state index in [4.69, 9.17) is 5.73 Å². The lowest BCUT2D eigenvalue weighted by molar-refractivity contribution is 0.503. The van der Waals surface area contributed by atoms with Gasteiger partial charge >= 0.3 is 0 Å². The molecular formula is C13H13F3N2. The molecule has 0 aliphatic carbocycles. The molecule has 0 bridgehead atoms. The van der Waals surface area contributed by atoms with Crippen molar-refractivity contribution in [2.75, 3.05) is 5.73 Å². The van der Waals surface area contributed by atoms with E-state index in [0.29, 0.717) is 11.6 Å². The van der Waals surface area contributed by atoms with Crippen LogP contribution in [0.5, 0.6) is 0 Å². The first-order valence-corrected chi connectivity index (χ1v) is 5.46. The van der Waals surface area contributed by atoms with Crippen molar-refractivity contribution in [1.29, 1.82) is 0 Å². The van der Waals surface area contributed by atoms with Gasteiger partial charge in [0, 0.05) is 17.0 Å². The highest BCUT2D eigenvalue weighted by atomic mass is 19.2. The van der Waals surface area contributed by atoms with Crippen LogP contribution in [0.1, 0.15) is 26.3 Å². The molecule has 1 aromatic carbocycles. The summed E-state index contributed by atoms with van der Waals surface area (Å²) in [6.45, 7) is 5.64. The van der Waals surface area contributed by atoms with E-state index in [1.165, 1.54) is 6.07 Å². The molecule has 5 heteroatoms. The predicted molar refractivity (Wildman–Crippen MR) is 64.7 cm³/mol. The second kappa shape index (κ2) is 3.86. The third-order valence-electron chi connectivity index (χ3n) is 2.79. The molecule has 1 heterocycles. The van der Waals surface area contributed by atoms with Crippen molar-refractivity contribution in [1.82, 2.24) is 4.98 Å². The topological polar surface area (TPSA) is 38.9 Å². The first kappa shape index (κ1) is 12.7. The van der Waals surface area contributed by atoms with Gasteiger partial charge in [-0.3, -0.25) is 0 Å². The van der Waals surface area contributed by atoms with Crippen molar-refractivity contribution < 1.29 is 13.2 Å². The first-order valence-electron chi connectivity index (χ1n) is 5.46. The van der Waals surface area contributed by atoms with E-state index in [1.807, 2.05) is 20.8 Å². The number of hydrogen-bond acceptors (Lipinski definition) is 2. The Morgan fingerprint density at radius 2 is 1.67 bits per heavy atom. The van der Waals surface area contributed by atoms with Gasteiger partial charge in [0.15, 0.2) is 11.6 Å². The van der Waals surface area contributed by atoms with Gasteiger partial charge in [-0.05, 0) is 11.5 Å². The summed E-state index contributed by atoms with van der Waals surface area (Å²) in [5.41, 5.74) is 5.58. The van der Waals surface area contributed by atoms with E-state index in [2.05, 4.69) is 4.98 Å². The molecule has 2 aromatic rings. The van der Waals surface area contributed by atoms with Crippen LogP contribution in [0, 0.1) is 17.5 Å². The Hall–Kier alpha value is -1.78. The maximum Gasteiger partial charge on any atom is 0.185 e. The van der Waals surface area contributed by atoms with Crippen molar-refractivity contribution in [3.05, 3.63) is 35.1 Å². The van der Waals surface area contributed by atoms with Crippen LogP contribution in [0.15, 0.2) is 12.1 Å². The lowest BCUT2D eigenvalue weighted by Gasteiger charge is -2.21. The molecule has 0 fully saturated rings. The molecule has 0 radical (unpaired) electrons. The zero-order valence-corrected chi connectivity index (χ0v) is 10.3. The van der Waals surface area contributed by atoms with E-state index in [-0.39, 0.29) is 22.1 Å². The highest BCUT2D eigenvalue weighted by Crippen LogP contribution is 2.32. The Morgan fingerprint density at radius 1 is 1.06 bits per heavy atom. The Balaban J connectivity index is 2.89. The third kappa shape index (κ3) is 1.89. The number of aromatic nitrogens is 1. The minimum atomic E-state index is -1.27. The highest BCUT2D eigenvalue weighted by molar-refractivity contribution is 5.83. The van der Waals surface area contributed by atoms with Gasteiger partial charge in [0.05, 0.1) is 0 Å². The molecule has 0 saturated carbocycles. The second-order valence-corrected chi connectivity index (χ2v) is 5.22. The maximum atomic E-state index is 13.6. The van der Waals surface area contributed by atoms with Crippen LogP contribution in [-0.4, -0.2) is 4.98 Å². The van der Waals surface area contributed by atoms with Gasteiger partial charge in [-0.1, -0.05) is 20.8 Å². The molecule has 0 saturated heterocycles. The van der Waals surface area contributed by atoms with Crippen molar-refractivity contribution >= 4 is 16.7 Å². The molecule has 0 aliphatic heterocycles. The number of halogens is 3. The van der Waals surface area contributed by atoms with Crippen molar-refractivity contribution in [3.63, 3.8) is 0 Å². The number of anilines is 1. The lowest BCUT2D eigenvalue weighted by Crippen LogP contribution is -2.15. The highest BCUT2D eigenvalue weighted by Gasteiger charge is 2.22. The minimum Gasteiger partial charge on any atom is -0.383 e. The molecule has 0 spiro atoms. The molecule has 0 atom stereocenters. The first-order chi connectivity index (χ1) is 8.21. The van der Waals surface area contributed by atoms with Gasteiger partial charge in [0.2, 0.25) is 0 Å². The molecule has 0 unspecified atom stereocenters. The quantitative estimate of drug-likeness (QED) is 0.730. The van der Waals surface area contributed by atoms with Gasteiger partial charge in [0.1, 0.15) is 17.2 Å². The maximum absolute atomic E-state index is 13.6. The SMILES string of the molecule is CC(C)(C)c1cc2c(F)cc(F)c(F)c2nc1N. The lowest BCUT2D eigenvalue weighted by atomic mass is 9.86. The summed E-state index contributed by atoms with van der Waals surface area (Å²) in [6, 6.07) is 1.94. The summed E-state index contributed by atoms with van der Waals surface area (Å²) in [7, 11) is 0. The van der Waals surface area contributed by atoms with Gasteiger partial charge in [-0.2, -0.15) is 0 Å². The van der Waals surface area contributed by atoms with Crippen LogP contribution in [0.4, 0.5) is 19.0 Å². The Morgan fingerprint density at radius 3 is 2.22 bits per heavy atom. The molecule has 2 N–H and O–H groups in total. The fourth-order valence-electron chi connectivity index (χ4n) is 1.84. The van der Waals surface area contributed by atoms with E-state index in [9.17, 15) is 13.2 Å². The van der Waals surface area contributed by atoms with Gasteiger partial charge < -0.3 is 5.73 Å². The molecule has 96 valence electrons. The van der Waals surface area contributed by atoms with Crippen LogP contribution in [0.25, 0.3) is 10.9 Å². The van der Waals surface area contributed by atoms with E-state index >= 15 is 0 Å². The van der Waals surface area contributed by atoms with Gasteiger partial charge in [-0.25, -0.2) is 18.2 Å². The van der Waals surface area contributed by atoms with E-state index in [1.54, 1.807) is 0 Å². The Kier molecular flexibility index (Phi) is 2.72. The van der Waals surface area contributed by atoms with Crippen molar-refractivity contribution in [2.24, 2.45) is 0 Å². The van der Waals surface area contributed by atoms with Crippen LogP contribution >= 0.6 is 0 Å². The standard InChI is InChI=1S/C13H13F3N2/c1-13(2,3)7-4-6-8(14)5-9(15)10(16)11(6)18-12(7)17/h4-5H,1-3H3,(H2,17,18). The normalized spacial score (nSPS) is 12.1. The molecule has 1 aromatic heterocycles. The largest absolute Gasteiger partial charge is 0.383 e. The number of fused-ring (bicyclic) bond motifs is 1. The minimum absolute atomic E-state index is 0.0620. The van der Waals surface area contributed by atoms with Crippen LogP contribution < -0.4 is 5.73 Å². The summed E-state index contributed by atoms with van der Waals surface area (Å²) in [5.74, 6) is -3.21. The number of nitrogens with zero attached hydrogens (tertiary/aromatic N) is 1. The monoisotopic (exact) mass is 254 g/mol. The van der Waals surface area contributed by atoms with Crippen LogP contribution in [-0.2, 0) is 5.41 Å². The van der Waals surface area contributed by atoms with Gasteiger partial charge in [-0.15, -0.1) is 0 Å². The predicted octanol–water partition coefficient (Wildman–Crippen LogP) is 3.53. The number of benzene rings is 1. The number of hydrogen-bond donors (Lipinski definition) is 1. The smallest absolute Gasteiger partial charge is 0.185 e. The van der Waals surface area contributed by atoms with Crippen LogP contribution in [0.3, 0.4) is 0 Å². The molecule has 2 rings (SSSR count). The number of nitrogen functional groups attached to an aromatic ring is 1. The number of nitrogens with two attached hydrogens (primary N) is 1. The zero-order chi connectivity index (χ0) is 13.7. The summed E-state index contributed by atoms with van der Waals surface area (Å²) < 4.78 is 40.2. The van der Waals surface area contributed by atoms with Crippen LogP contribution in [0.2, 0.25) is 0 Å². The molecule has 0 aliphatic rings. The molecular weight excluding hydrogens is 241 g/mol. The van der Waals surface area contributed by atoms with Crippen molar-refractivity contribution in [2.45, 2.75) is 26.2 Å². The third-order valence-corrected chi connectivity index (χ3v) is 2.79. The zero-order valence-electron chi connectivity index (χ0n) is 10.3. The molecule has 18 heavy (non-hydrogen) atoms. The number of pyridine rings is 1. The van der Waals surface area contributed by atoms with E-state index < -0.39 is 17.5 Å². The molecule has 2 nitrogen and oxygen atoms in total. The average Bonchev–Trinajstić information content (AvgIpc) is 2.23. The summed E-state index contributed by atoms with van der Waals surface area (Å²) in [4.78, 5) is 3.79. The molecule has 0 amide bonds. The summed E-state index contributed by atoms with van der Waals surface area (Å²) in [5, 5.41) is -0.0620. The number of rotatable bonds is 0. The summed E-state index contributed by atoms with van der Waals surface area (Å²) in [6.07, 6.45) is 0. The summed E-state index contributed by atoms with van der Waals surface area (Å²) >= 11 is 0.